The quantitative estimate of drug-likeness (QED) is 0.550. The number of piperazine rings is 1. The van der Waals surface area contributed by atoms with Crippen LogP contribution in [-0.2, 0) is 6.54 Å². The molecule has 34 heavy (non-hydrogen) atoms. The van der Waals surface area contributed by atoms with Crippen LogP contribution in [0.25, 0.3) is 0 Å². The van der Waals surface area contributed by atoms with Crippen LogP contribution in [0.5, 0.6) is 11.5 Å². The van der Waals surface area contributed by atoms with Crippen LogP contribution in [-0.4, -0.2) is 71.7 Å². The smallest absolute Gasteiger partial charge is 0.277 e. The Morgan fingerprint density at radius 2 is 1.74 bits per heavy atom. The molecular formula is C25H28N4O5. The summed E-state index contributed by atoms with van der Waals surface area (Å²) >= 11 is 0. The van der Waals surface area contributed by atoms with Crippen molar-refractivity contribution in [3.8, 4) is 11.5 Å². The zero-order chi connectivity index (χ0) is 23.3. The Bertz CT molecular complexity index is 1110. The molecule has 1 aromatic heterocycles. The van der Waals surface area contributed by atoms with E-state index in [1.54, 1.807) is 18.2 Å². The van der Waals surface area contributed by atoms with Gasteiger partial charge in [0.2, 0.25) is 5.89 Å². The highest BCUT2D eigenvalue weighted by atomic mass is 16.6. The minimum Gasteiger partial charge on any atom is -0.486 e. The fraction of sp³-hybridized carbons (Fsp3) is 0.360. The normalized spacial score (nSPS) is 17.3. The van der Waals surface area contributed by atoms with Crippen molar-refractivity contribution in [3.05, 3.63) is 71.9 Å². The number of hydrogen-bond donors (Lipinski definition) is 2. The molecule has 3 aromatic rings. The van der Waals surface area contributed by atoms with E-state index < -0.39 is 6.10 Å². The second-order valence-corrected chi connectivity index (χ2v) is 8.44. The SMILES string of the molecule is O=C(Nc1ccc2c(c1)OCCO2)c1coc(CN2CCN(CC(O)c3ccccc3)CC2)n1. The van der Waals surface area contributed by atoms with Crippen LogP contribution in [0.1, 0.15) is 28.0 Å². The number of ether oxygens (including phenoxy) is 2. The van der Waals surface area contributed by atoms with Crippen molar-refractivity contribution in [2.75, 3.05) is 51.3 Å². The number of amides is 1. The van der Waals surface area contributed by atoms with Gasteiger partial charge >= 0.3 is 0 Å². The number of aliphatic hydroxyl groups excluding tert-OH is 1. The topological polar surface area (TPSA) is 100 Å². The van der Waals surface area contributed by atoms with Gasteiger partial charge in [0, 0.05) is 44.5 Å². The molecule has 0 aliphatic carbocycles. The molecule has 1 amide bonds. The van der Waals surface area contributed by atoms with Gasteiger partial charge in [-0.05, 0) is 17.7 Å². The molecule has 1 unspecified atom stereocenters. The maximum Gasteiger partial charge on any atom is 0.277 e. The van der Waals surface area contributed by atoms with Crippen LogP contribution in [0.2, 0.25) is 0 Å². The van der Waals surface area contributed by atoms with Crippen molar-refractivity contribution in [3.63, 3.8) is 0 Å². The van der Waals surface area contributed by atoms with Gasteiger partial charge in [-0.2, -0.15) is 0 Å². The summed E-state index contributed by atoms with van der Waals surface area (Å²) in [6.07, 6.45) is 0.893. The summed E-state index contributed by atoms with van der Waals surface area (Å²) in [5, 5.41) is 13.3. The number of rotatable bonds is 7. The number of nitrogens with zero attached hydrogens (tertiary/aromatic N) is 3. The first-order valence-electron chi connectivity index (χ1n) is 11.5. The van der Waals surface area contributed by atoms with Crippen molar-refractivity contribution in [1.82, 2.24) is 14.8 Å². The van der Waals surface area contributed by atoms with Gasteiger partial charge in [0.25, 0.3) is 5.91 Å². The Kier molecular flexibility index (Phi) is 6.75. The van der Waals surface area contributed by atoms with Gasteiger partial charge in [0.15, 0.2) is 17.2 Å². The highest BCUT2D eigenvalue weighted by Gasteiger charge is 2.22. The first-order valence-corrected chi connectivity index (χ1v) is 11.5. The molecule has 178 valence electrons. The van der Waals surface area contributed by atoms with Gasteiger partial charge < -0.3 is 24.3 Å². The fourth-order valence-corrected chi connectivity index (χ4v) is 4.15. The van der Waals surface area contributed by atoms with Crippen molar-refractivity contribution in [2.45, 2.75) is 12.6 Å². The van der Waals surface area contributed by atoms with Crippen LogP contribution in [0, 0.1) is 0 Å². The number of benzene rings is 2. The summed E-state index contributed by atoms with van der Waals surface area (Å²) in [6.45, 7) is 5.52. The molecular weight excluding hydrogens is 436 g/mol. The maximum absolute atomic E-state index is 12.6. The number of oxazole rings is 1. The average Bonchev–Trinajstić information content (AvgIpc) is 3.34. The summed E-state index contributed by atoms with van der Waals surface area (Å²) in [7, 11) is 0. The summed E-state index contributed by atoms with van der Waals surface area (Å²) in [4.78, 5) is 21.5. The molecule has 5 rings (SSSR count). The van der Waals surface area contributed by atoms with E-state index in [9.17, 15) is 9.90 Å². The summed E-state index contributed by atoms with van der Waals surface area (Å²) < 4.78 is 16.6. The zero-order valence-electron chi connectivity index (χ0n) is 18.9. The highest BCUT2D eigenvalue weighted by Crippen LogP contribution is 2.32. The highest BCUT2D eigenvalue weighted by molar-refractivity contribution is 6.02. The lowest BCUT2D eigenvalue weighted by Gasteiger charge is -2.35. The minimum atomic E-state index is -0.491. The number of carbonyl (C=O) groups is 1. The van der Waals surface area contributed by atoms with Crippen molar-refractivity contribution < 1.29 is 23.8 Å². The summed E-state index contributed by atoms with van der Waals surface area (Å²) in [5.41, 5.74) is 1.77. The molecule has 2 aromatic carbocycles. The second-order valence-electron chi connectivity index (χ2n) is 8.44. The molecule has 2 N–H and O–H groups in total. The number of nitrogens with one attached hydrogen (secondary N) is 1. The lowest BCUT2D eigenvalue weighted by atomic mass is 10.1. The van der Waals surface area contributed by atoms with Gasteiger partial charge in [-0.1, -0.05) is 30.3 Å². The summed E-state index contributed by atoms with van der Waals surface area (Å²) in [5.74, 6) is 1.44. The van der Waals surface area contributed by atoms with E-state index in [0.717, 1.165) is 31.7 Å². The molecule has 1 saturated heterocycles. The molecule has 0 radical (unpaired) electrons. The Labute approximate surface area is 197 Å². The van der Waals surface area contributed by atoms with Crippen LogP contribution >= 0.6 is 0 Å². The number of hydrogen-bond acceptors (Lipinski definition) is 8. The summed E-state index contributed by atoms with van der Waals surface area (Å²) in [6, 6.07) is 15.0. The number of aromatic nitrogens is 1. The Balaban J connectivity index is 1.10. The third-order valence-electron chi connectivity index (χ3n) is 6.02. The van der Waals surface area contributed by atoms with Gasteiger partial charge in [-0.15, -0.1) is 0 Å². The molecule has 1 fully saturated rings. The molecule has 3 heterocycles. The predicted octanol–water partition coefficient (Wildman–Crippen LogP) is 2.55. The zero-order valence-corrected chi connectivity index (χ0v) is 18.9. The van der Waals surface area contributed by atoms with E-state index in [4.69, 9.17) is 13.9 Å². The van der Waals surface area contributed by atoms with Crippen molar-refractivity contribution in [1.29, 1.82) is 0 Å². The van der Waals surface area contributed by atoms with Crippen LogP contribution in [0.15, 0.2) is 59.2 Å². The van der Waals surface area contributed by atoms with E-state index in [1.807, 2.05) is 30.3 Å². The Morgan fingerprint density at radius 3 is 2.53 bits per heavy atom. The van der Waals surface area contributed by atoms with Crippen molar-refractivity contribution >= 4 is 11.6 Å². The molecule has 0 saturated carbocycles. The second kappa shape index (κ2) is 10.3. The number of carbonyl (C=O) groups excluding carboxylic acids is 1. The molecule has 1 atom stereocenters. The van der Waals surface area contributed by atoms with Gasteiger partial charge in [-0.3, -0.25) is 14.6 Å². The van der Waals surface area contributed by atoms with Crippen LogP contribution in [0.3, 0.4) is 0 Å². The first kappa shape index (κ1) is 22.4. The molecule has 2 aliphatic heterocycles. The maximum atomic E-state index is 12.6. The number of β-amino-alcohol motifs (C(OH)–C–C–N with tert-alkyl or cyclic N) is 1. The van der Waals surface area contributed by atoms with Gasteiger partial charge in [0.1, 0.15) is 19.5 Å². The third-order valence-corrected chi connectivity index (χ3v) is 6.02. The Morgan fingerprint density at radius 1 is 1.00 bits per heavy atom. The standard InChI is InChI=1S/C25H28N4O5/c30-21(18-4-2-1-3-5-18)15-28-8-10-29(11-9-28)16-24-27-20(17-34-24)25(31)26-19-6-7-22-23(14-19)33-13-12-32-22/h1-7,14,17,21,30H,8-13,15-16H2,(H,26,31). The third kappa shape index (κ3) is 5.39. The number of aliphatic hydroxyl groups is 1. The lowest BCUT2D eigenvalue weighted by molar-refractivity contribution is 0.0671. The largest absolute Gasteiger partial charge is 0.486 e. The van der Waals surface area contributed by atoms with E-state index >= 15 is 0 Å². The van der Waals surface area contributed by atoms with Crippen LogP contribution in [0.4, 0.5) is 5.69 Å². The molecule has 9 nitrogen and oxygen atoms in total. The number of anilines is 1. The van der Waals surface area contributed by atoms with E-state index in [0.29, 0.717) is 49.4 Å². The number of fused-ring (bicyclic) bond motifs is 1. The average molecular weight is 465 g/mol. The fourth-order valence-electron chi connectivity index (χ4n) is 4.15. The van der Waals surface area contributed by atoms with Gasteiger partial charge in [0.05, 0.1) is 12.6 Å². The molecule has 2 aliphatic rings. The Hall–Kier alpha value is -3.40. The van der Waals surface area contributed by atoms with Gasteiger partial charge in [-0.25, -0.2) is 4.98 Å². The lowest BCUT2D eigenvalue weighted by Crippen LogP contribution is -2.47. The van der Waals surface area contributed by atoms with E-state index in [2.05, 4.69) is 20.1 Å². The first-order chi connectivity index (χ1) is 16.6. The van der Waals surface area contributed by atoms with Crippen molar-refractivity contribution in [2.24, 2.45) is 0 Å². The van der Waals surface area contributed by atoms with E-state index in [-0.39, 0.29) is 11.6 Å². The minimum absolute atomic E-state index is 0.231. The monoisotopic (exact) mass is 464 g/mol. The van der Waals surface area contributed by atoms with Crippen LogP contribution < -0.4 is 14.8 Å². The molecule has 0 bridgehead atoms. The molecule has 9 heteroatoms. The van der Waals surface area contributed by atoms with E-state index in [1.165, 1.54) is 6.26 Å². The molecule has 0 spiro atoms. The predicted molar refractivity (Wildman–Crippen MR) is 125 cm³/mol.